The molecule has 2 aromatic carbocycles. The van der Waals surface area contributed by atoms with Crippen LogP contribution in [0.2, 0.25) is 0 Å². The summed E-state index contributed by atoms with van der Waals surface area (Å²) in [4.78, 5) is 18.3. The highest BCUT2D eigenvalue weighted by atomic mass is 19.2. The number of hydrogen-bond donors (Lipinski definition) is 2. The van der Waals surface area contributed by atoms with Gasteiger partial charge in [-0.3, -0.25) is 10.1 Å². The molecule has 3 heterocycles. The van der Waals surface area contributed by atoms with Crippen molar-refractivity contribution in [2.45, 2.75) is 20.0 Å². The second-order valence-corrected chi connectivity index (χ2v) is 7.35. The standard InChI is InChI=1S/C22H17F2N5O/c1-12-6-14(4-5-25-12)21-16-8-15-11-29(10-13-2-3-17(23)18(24)7-13)22(30)26-19(15)9-20(16)27-28-21/h2-9H,10-11H2,1H3,(H,26,30)(H,27,28). The van der Waals surface area contributed by atoms with Gasteiger partial charge < -0.3 is 10.2 Å². The number of hydrogen-bond acceptors (Lipinski definition) is 3. The second kappa shape index (κ2) is 6.91. The van der Waals surface area contributed by atoms with E-state index in [1.54, 1.807) is 11.1 Å². The lowest BCUT2D eigenvalue weighted by Gasteiger charge is -2.29. The molecule has 0 spiro atoms. The van der Waals surface area contributed by atoms with Crippen LogP contribution in [0, 0.1) is 18.6 Å². The van der Waals surface area contributed by atoms with Crippen molar-refractivity contribution in [3.8, 4) is 11.3 Å². The number of fused-ring (bicyclic) bond motifs is 2. The summed E-state index contributed by atoms with van der Waals surface area (Å²) in [5.41, 5.74) is 5.60. The minimum Gasteiger partial charge on any atom is -0.316 e. The van der Waals surface area contributed by atoms with Crippen LogP contribution in [0.1, 0.15) is 16.8 Å². The Bertz CT molecular complexity index is 1300. The fourth-order valence-corrected chi connectivity index (χ4v) is 3.73. The fourth-order valence-electron chi connectivity index (χ4n) is 3.73. The largest absolute Gasteiger partial charge is 0.322 e. The summed E-state index contributed by atoms with van der Waals surface area (Å²) in [5.74, 6) is -1.84. The van der Waals surface area contributed by atoms with Gasteiger partial charge in [-0.1, -0.05) is 6.07 Å². The van der Waals surface area contributed by atoms with Gasteiger partial charge in [-0.05, 0) is 54.4 Å². The third-order valence-electron chi connectivity index (χ3n) is 5.20. The maximum Gasteiger partial charge on any atom is 0.322 e. The number of anilines is 1. The molecule has 0 saturated heterocycles. The molecule has 2 N–H and O–H groups in total. The van der Waals surface area contributed by atoms with Gasteiger partial charge >= 0.3 is 6.03 Å². The Balaban J connectivity index is 1.49. The molecule has 0 atom stereocenters. The van der Waals surface area contributed by atoms with E-state index < -0.39 is 11.6 Å². The van der Waals surface area contributed by atoms with Crippen LogP contribution in [0.15, 0.2) is 48.7 Å². The molecule has 8 heteroatoms. The van der Waals surface area contributed by atoms with Gasteiger partial charge in [-0.25, -0.2) is 13.6 Å². The van der Waals surface area contributed by atoms with Crippen molar-refractivity contribution in [3.63, 3.8) is 0 Å². The molecular formula is C22H17F2N5O. The zero-order chi connectivity index (χ0) is 20.8. The summed E-state index contributed by atoms with van der Waals surface area (Å²) in [6.07, 6.45) is 1.74. The van der Waals surface area contributed by atoms with E-state index in [0.717, 1.165) is 45.6 Å². The van der Waals surface area contributed by atoms with Crippen molar-refractivity contribution in [2.24, 2.45) is 0 Å². The monoisotopic (exact) mass is 405 g/mol. The third-order valence-corrected chi connectivity index (χ3v) is 5.20. The van der Waals surface area contributed by atoms with E-state index in [9.17, 15) is 13.6 Å². The molecule has 6 nitrogen and oxygen atoms in total. The molecule has 1 aliphatic rings. The highest BCUT2D eigenvalue weighted by Gasteiger charge is 2.24. The van der Waals surface area contributed by atoms with Crippen molar-refractivity contribution in [2.75, 3.05) is 5.32 Å². The number of urea groups is 1. The fraction of sp³-hybridized carbons (Fsp3) is 0.136. The molecule has 2 amide bonds. The first-order valence-corrected chi connectivity index (χ1v) is 9.42. The zero-order valence-corrected chi connectivity index (χ0v) is 16.0. The number of halogens is 2. The Hall–Kier alpha value is -3.81. The summed E-state index contributed by atoms with van der Waals surface area (Å²) >= 11 is 0. The van der Waals surface area contributed by atoms with Gasteiger partial charge in [0.05, 0.1) is 5.52 Å². The van der Waals surface area contributed by atoms with Crippen molar-refractivity contribution < 1.29 is 13.6 Å². The van der Waals surface area contributed by atoms with Gasteiger partial charge in [0, 0.05) is 41.6 Å². The van der Waals surface area contributed by atoms with Gasteiger partial charge in [0.15, 0.2) is 11.6 Å². The van der Waals surface area contributed by atoms with E-state index in [4.69, 9.17) is 0 Å². The lowest BCUT2D eigenvalue weighted by Crippen LogP contribution is -2.38. The Morgan fingerprint density at radius 2 is 1.97 bits per heavy atom. The molecule has 0 bridgehead atoms. The Morgan fingerprint density at radius 3 is 2.77 bits per heavy atom. The van der Waals surface area contributed by atoms with Crippen LogP contribution in [0.5, 0.6) is 0 Å². The van der Waals surface area contributed by atoms with Crippen LogP contribution in [0.3, 0.4) is 0 Å². The minimum absolute atomic E-state index is 0.169. The molecule has 5 rings (SSSR count). The number of pyridine rings is 1. The molecule has 0 fully saturated rings. The van der Waals surface area contributed by atoms with E-state index in [-0.39, 0.29) is 12.6 Å². The summed E-state index contributed by atoms with van der Waals surface area (Å²) < 4.78 is 26.7. The number of aromatic nitrogens is 3. The van der Waals surface area contributed by atoms with E-state index in [0.29, 0.717) is 17.8 Å². The molecule has 150 valence electrons. The predicted molar refractivity (Wildman–Crippen MR) is 109 cm³/mol. The summed E-state index contributed by atoms with van der Waals surface area (Å²) in [7, 11) is 0. The third kappa shape index (κ3) is 3.16. The smallest absolute Gasteiger partial charge is 0.316 e. The van der Waals surface area contributed by atoms with Crippen LogP contribution in [-0.4, -0.2) is 26.1 Å². The van der Waals surface area contributed by atoms with Gasteiger partial charge in [-0.15, -0.1) is 0 Å². The van der Waals surface area contributed by atoms with Crippen LogP contribution >= 0.6 is 0 Å². The predicted octanol–water partition coefficient (Wildman–Crippen LogP) is 4.76. The van der Waals surface area contributed by atoms with Crippen molar-refractivity contribution >= 4 is 22.6 Å². The van der Waals surface area contributed by atoms with Gasteiger partial charge in [0.1, 0.15) is 5.69 Å². The van der Waals surface area contributed by atoms with E-state index in [2.05, 4.69) is 20.5 Å². The molecule has 0 saturated carbocycles. The number of rotatable bonds is 3. The highest BCUT2D eigenvalue weighted by molar-refractivity contribution is 6.00. The summed E-state index contributed by atoms with van der Waals surface area (Å²) in [6.45, 7) is 2.43. The topological polar surface area (TPSA) is 73.9 Å². The molecule has 4 aromatic rings. The van der Waals surface area contributed by atoms with E-state index in [1.807, 2.05) is 31.2 Å². The zero-order valence-electron chi connectivity index (χ0n) is 16.0. The minimum atomic E-state index is -0.928. The van der Waals surface area contributed by atoms with Crippen molar-refractivity contribution in [1.29, 1.82) is 0 Å². The normalized spacial score (nSPS) is 13.4. The number of aryl methyl sites for hydroxylation is 1. The molecule has 2 aromatic heterocycles. The molecule has 1 aliphatic heterocycles. The average molecular weight is 405 g/mol. The van der Waals surface area contributed by atoms with E-state index in [1.165, 1.54) is 6.07 Å². The lowest BCUT2D eigenvalue weighted by atomic mass is 10.0. The van der Waals surface area contributed by atoms with Crippen LogP contribution in [0.25, 0.3) is 22.2 Å². The quantitative estimate of drug-likeness (QED) is 0.516. The number of nitrogens with one attached hydrogen (secondary N) is 2. The van der Waals surface area contributed by atoms with Crippen LogP contribution in [-0.2, 0) is 13.1 Å². The number of carbonyl (C=O) groups is 1. The number of benzene rings is 2. The molecule has 0 unspecified atom stereocenters. The Kier molecular flexibility index (Phi) is 4.20. The Labute approximate surface area is 170 Å². The number of nitrogens with zero attached hydrogens (tertiary/aromatic N) is 3. The second-order valence-electron chi connectivity index (χ2n) is 7.35. The van der Waals surface area contributed by atoms with Crippen molar-refractivity contribution in [3.05, 3.63) is 77.1 Å². The number of carbonyl (C=O) groups excluding carboxylic acids is 1. The first-order valence-electron chi connectivity index (χ1n) is 9.42. The molecule has 0 aliphatic carbocycles. The van der Waals surface area contributed by atoms with Crippen LogP contribution in [0.4, 0.5) is 19.3 Å². The Morgan fingerprint density at radius 1 is 1.10 bits per heavy atom. The number of aromatic amines is 1. The number of H-pyrrole nitrogens is 1. The maximum absolute atomic E-state index is 13.5. The SMILES string of the molecule is Cc1cc(-c2n[nH]c3cc4c(cc23)CN(Cc2ccc(F)c(F)c2)C(=O)N4)ccn1. The van der Waals surface area contributed by atoms with E-state index >= 15 is 0 Å². The van der Waals surface area contributed by atoms with Gasteiger partial charge in [-0.2, -0.15) is 5.10 Å². The number of amides is 2. The summed E-state index contributed by atoms with van der Waals surface area (Å²) in [5, 5.41) is 11.3. The van der Waals surface area contributed by atoms with Gasteiger partial charge in [0.25, 0.3) is 0 Å². The average Bonchev–Trinajstić information content (AvgIpc) is 3.12. The first-order chi connectivity index (χ1) is 14.5. The van der Waals surface area contributed by atoms with Crippen LogP contribution < -0.4 is 5.32 Å². The molecule has 30 heavy (non-hydrogen) atoms. The van der Waals surface area contributed by atoms with Crippen molar-refractivity contribution in [1.82, 2.24) is 20.1 Å². The van der Waals surface area contributed by atoms with Gasteiger partial charge in [0.2, 0.25) is 0 Å². The first kappa shape index (κ1) is 18.2. The lowest BCUT2D eigenvalue weighted by molar-refractivity contribution is 0.204. The summed E-state index contributed by atoms with van der Waals surface area (Å²) in [6, 6.07) is 11.1. The molecular weight excluding hydrogens is 388 g/mol. The highest BCUT2D eigenvalue weighted by Crippen LogP contribution is 2.33. The molecule has 0 radical (unpaired) electrons. The maximum atomic E-state index is 13.5.